The number of aryl methyl sites for hydroxylation is 4. The van der Waals surface area contributed by atoms with Gasteiger partial charge < -0.3 is 36.2 Å². The topological polar surface area (TPSA) is 296 Å². The van der Waals surface area contributed by atoms with E-state index in [2.05, 4.69) is 121 Å². The number of hydrogen-bond donors (Lipinski definition) is 4. The van der Waals surface area contributed by atoms with Gasteiger partial charge in [0.15, 0.2) is 0 Å². The number of aromatic nitrogens is 11. The van der Waals surface area contributed by atoms with Crippen LogP contribution in [0, 0.1) is 0 Å². The number of ether oxygens (including phenoxy) is 2. The number of nitrogens with zero attached hydrogens (tertiary/aromatic N) is 11. The average molecular weight is 2150 g/mol. The Morgan fingerprint density at radius 1 is 0.519 bits per heavy atom. The third kappa shape index (κ3) is 32.7. The fourth-order valence-electron chi connectivity index (χ4n) is 12.8. The van der Waals surface area contributed by atoms with E-state index in [1.807, 2.05) is 179 Å². The van der Waals surface area contributed by atoms with Gasteiger partial charge in [-0.2, -0.15) is 20.4 Å². The van der Waals surface area contributed by atoms with Crippen molar-refractivity contribution in [1.29, 1.82) is 0 Å². The molecule has 2 aliphatic rings. The number of amides is 1. The quantitative estimate of drug-likeness (QED) is 0.0138. The van der Waals surface area contributed by atoms with Crippen LogP contribution in [0.2, 0.25) is 40.6 Å². The van der Waals surface area contributed by atoms with Gasteiger partial charge in [-0.25, -0.2) is 14.4 Å². The first-order valence-corrected chi connectivity index (χ1v) is 50.1. The molecule has 9 heterocycles. The van der Waals surface area contributed by atoms with Gasteiger partial charge in [0, 0.05) is 133 Å². The van der Waals surface area contributed by atoms with Crippen LogP contribution in [0.5, 0.6) is 0 Å². The summed E-state index contributed by atoms with van der Waals surface area (Å²) in [5.41, 5.74) is 11.0. The summed E-state index contributed by atoms with van der Waals surface area (Å²) in [4.78, 5) is 49.6. The number of thiol groups is 1. The van der Waals surface area contributed by atoms with Crippen molar-refractivity contribution in [3.05, 3.63) is 292 Å². The van der Waals surface area contributed by atoms with Crippen molar-refractivity contribution in [3.8, 4) is 17.1 Å². The Bertz CT molecular complexity index is 6410. The molecule has 2 aliphatic heterocycles. The van der Waals surface area contributed by atoms with Crippen LogP contribution in [0.1, 0.15) is 109 Å². The van der Waals surface area contributed by atoms with E-state index >= 15 is 0 Å². The van der Waals surface area contributed by atoms with Gasteiger partial charge in [-0.3, -0.25) is 41.8 Å². The molecule has 0 saturated carbocycles. The molecule has 0 aliphatic carbocycles. The molecule has 1 amide bonds. The molecule has 1 unspecified atom stereocenters. The minimum atomic E-state index is -3.22. The van der Waals surface area contributed by atoms with Gasteiger partial charge in [0.05, 0.1) is 109 Å². The maximum Gasteiger partial charge on any atom is 1.00 e. The van der Waals surface area contributed by atoms with Crippen molar-refractivity contribution < 1.29 is 68.1 Å². The van der Waals surface area contributed by atoms with Crippen LogP contribution in [0.3, 0.4) is 0 Å². The third-order valence-corrected chi connectivity index (χ3v) is 23.7. The predicted molar refractivity (Wildman–Crippen MR) is 541 cm³/mol. The number of aromatic carboxylic acids is 1. The molecule has 23 nitrogen and oxygen atoms in total. The van der Waals surface area contributed by atoms with Crippen LogP contribution in [0.25, 0.3) is 49.8 Å². The van der Waals surface area contributed by atoms with Crippen molar-refractivity contribution in [2.75, 3.05) is 23.8 Å². The van der Waals surface area contributed by atoms with Crippen molar-refractivity contribution in [3.63, 3.8) is 0 Å². The van der Waals surface area contributed by atoms with Gasteiger partial charge in [-0.1, -0.05) is 204 Å². The van der Waals surface area contributed by atoms with E-state index in [4.69, 9.17) is 114 Å². The minimum Gasteiger partial charge on any atom is -0.870 e. The standard InChI is InChI=1S/C23H21Cl2N3O2S.C21H17Cl2N3O2S.C14H13Cl2N3.C9H10O2S.C8H7Cl2N.C8H6ClNO.C6H9BrN2.B.Cl3OP.Li.2H2O/c1-3-10-27-14-17(13-26-27)28-20-12-16(24)8-9-19(20)21(22(28)25)31-18-7-5-6-15(11-18)23(29)30-4-2;1-2-8-25-12-15(11-24-25)26-18-10-14(22)6-7-17(18)19(20(26)23)29-16-5-3-4-13(9-16)21(27)28;1-2-5-18-9-12(8-17-18)19-13-7-11(15)4-3-10(13)6-14(19)16;1-2-11-9(10)7-4-3-5-8(12)6-7;9-6-2-1-5-3-8(10)11-7(5)4-6;9-6-2-1-5-3-8(11)10-7(5)4-6;1-2-3-9-5-6(7)4-8-9;;1-5(2,3)4;;;/h5-9,11-14H,3-4,10H2,1-2H3;3-7,9-12H,2,8H2,1H3,(H,27,28);3-4,6-9H,2,5H2,1H3;3-6,12H,2H2,1H3;1-2,4,8,11H,3H2;1-2,4H,3H2,(H,10,11);4-5H,2-3H2,1H3;;;;2*1H2/q;;;;;;;;;+1;;/p-1. The average Bonchev–Trinajstić information content (AvgIpc) is 1.60. The van der Waals surface area contributed by atoms with Crippen LogP contribution in [-0.2, 0) is 57.9 Å². The fourth-order valence-corrected chi connectivity index (χ4v) is 17.6. The summed E-state index contributed by atoms with van der Waals surface area (Å²) in [6.07, 6.45) is 20.6. The number of fused-ring (bicyclic) bond motifs is 5. The van der Waals surface area contributed by atoms with E-state index in [0.717, 1.165) is 159 Å². The number of benzene rings is 8. The first-order chi connectivity index (χ1) is 60.7. The first kappa shape index (κ1) is 112. The second-order valence-electron chi connectivity index (χ2n) is 27.6. The zero-order chi connectivity index (χ0) is 91.8. The number of halogens is 13. The zero-order valence-corrected chi connectivity index (χ0v) is 85.3. The summed E-state index contributed by atoms with van der Waals surface area (Å²) < 4.78 is 34.0. The molecule has 7 aromatic heterocycles. The summed E-state index contributed by atoms with van der Waals surface area (Å²) >= 11 is 80.3. The van der Waals surface area contributed by atoms with Gasteiger partial charge in [-0.15, -0.1) is 12.6 Å². The Morgan fingerprint density at radius 3 is 1.37 bits per heavy atom. The molecular formula is C89H86BBrCl12LiN13O10PS3. The Kier molecular flexibility index (Phi) is 46.8. The Labute approximate surface area is 853 Å². The molecule has 0 bridgehead atoms. The largest absolute Gasteiger partial charge is 1.00 e. The number of hydrogen-bond acceptors (Lipinski definition) is 16. The van der Waals surface area contributed by atoms with Gasteiger partial charge in [-0.05, 0) is 222 Å². The number of esters is 2. The molecule has 8 aromatic carbocycles. The van der Waals surface area contributed by atoms with Crippen molar-refractivity contribution in [1.82, 2.24) is 52.8 Å². The number of carboxylic acids is 1. The Morgan fingerprint density at radius 2 is 0.916 bits per heavy atom. The van der Waals surface area contributed by atoms with Crippen LogP contribution in [0.15, 0.2) is 248 Å². The van der Waals surface area contributed by atoms with E-state index in [-0.39, 0.29) is 67.1 Å². The molecule has 42 heteroatoms. The molecule has 0 fully saturated rings. The Hall–Kier alpha value is -7.28. The molecule has 131 heavy (non-hydrogen) atoms. The number of nitrogens with one attached hydrogen (secondary N) is 2. The fraction of sp³-hybridized carbons (Fsp3) is 0.213. The molecule has 685 valence electrons. The smallest absolute Gasteiger partial charge is 0.870 e. The number of carbonyl (C=O) groups is 4. The minimum absolute atomic E-state index is 0. The summed E-state index contributed by atoms with van der Waals surface area (Å²) in [6, 6.07) is 51.4. The van der Waals surface area contributed by atoms with Crippen molar-refractivity contribution >= 4 is 272 Å². The third-order valence-electron chi connectivity index (χ3n) is 18.1. The van der Waals surface area contributed by atoms with E-state index < -0.39 is 11.2 Å². The molecule has 0 saturated heterocycles. The SMILES string of the molecule is CCCn1cc(-n2c(Cl)c(Sc3cccc(C(=O)O)c3)c3ccc(Cl)cc32)cn1.CCCn1cc(-n2c(Cl)c(Sc3cccc(C(=O)OCC)c3)c3ccc(Cl)cc32)cn1.CCCn1cc(-n2c(Cl)cc3ccc(Cl)cc32)cn1.CCCn1cc(Br)cn1.CCOC(=O)c1cccc(S)c1.Clc1ccc2c(c1)NC(Cl)C2.O.O=C1Cc2ccc(Cl)cc2N1.O=P(Cl)(Cl)Cl.[B].[Li+].[OH-]. The monoisotopic (exact) mass is 2140 g/mol. The van der Waals surface area contributed by atoms with E-state index in [1.165, 1.54) is 29.1 Å². The molecule has 6 N–H and O–H groups in total. The molecule has 17 rings (SSSR count). The van der Waals surface area contributed by atoms with E-state index in [1.54, 1.807) is 87.0 Å². The Balaban J connectivity index is 0.000000242. The van der Waals surface area contributed by atoms with Gasteiger partial charge >= 0.3 is 42.0 Å². The molecule has 15 aromatic rings. The number of alkyl halides is 1. The second-order valence-corrected chi connectivity index (χ2v) is 41.7. The molecule has 3 radical (unpaired) electrons. The van der Waals surface area contributed by atoms with Gasteiger partial charge in [0.1, 0.15) is 21.0 Å². The van der Waals surface area contributed by atoms with Gasteiger partial charge in [0.2, 0.25) is 5.91 Å². The van der Waals surface area contributed by atoms with Crippen molar-refractivity contribution in [2.24, 2.45) is 0 Å². The summed E-state index contributed by atoms with van der Waals surface area (Å²) in [5, 5.41) is 37.2. The van der Waals surface area contributed by atoms with E-state index in [0.29, 0.717) is 66.3 Å². The summed E-state index contributed by atoms with van der Waals surface area (Å²) in [6.45, 7) is 16.3. The van der Waals surface area contributed by atoms with Gasteiger partial charge in [0.25, 0.3) is 0 Å². The second kappa shape index (κ2) is 54.5. The number of carbonyl (C=O) groups excluding carboxylic acids is 3. The molecular weight excluding hydrogens is 2060 g/mol. The zero-order valence-electron chi connectivity index (χ0n) is 71.2. The molecule has 1 atom stereocenters. The van der Waals surface area contributed by atoms with Crippen LogP contribution < -0.4 is 29.5 Å². The van der Waals surface area contributed by atoms with Crippen LogP contribution in [-0.4, -0.2) is 120 Å². The number of carboxylic acid groups (broad SMARTS) is 1. The maximum atomic E-state index is 12.1. The summed E-state index contributed by atoms with van der Waals surface area (Å²) in [5.74, 6) is -1.56. The number of rotatable bonds is 20. The van der Waals surface area contributed by atoms with E-state index in [9.17, 15) is 28.8 Å². The van der Waals surface area contributed by atoms with Crippen LogP contribution in [0.4, 0.5) is 11.4 Å². The maximum absolute atomic E-state index is 12.1. The normalized spacial score (nSPS) is 11.8. The summed E-state index contributed by atoms with van der Waals surface area (Å²) in [7, 11) is 0. The van der Waals surface area contributed by atoms with Crippen LogP contribution >= 0.6 is 195 Å². The first-order valence-electron chi connectivity index (χ1n) is 39.4. The predicted octanol–water partition coefficient (Wildman–Crippen LogP) is 25.2. The number of anilines is 2. The van der Waals surface area contributed by atoms with Crippen molar-refractivity contribution in [2.45, 2.75) is 136 Å². The molecule has 0 spiro atoms.